The van der Waals surface area contributed by atoms with Crippen molar-refractivity contribution in [2.45, 2.75) is 34.1 Å². The first-order chi connectivity index (χ1) is 10.8. The van der Waals surface area contributed by atoms with Gasteiger partial charge < -0.3 is 5.32 Å². The Hall–Kier alpha value is -1.95. The highest BCUT2D eigenvalue weighted by Gasteiger charge is 2.25. The number of amides is 1. The number of rotatable bonds is 4. The zero-order chi connectivity index (χ0) is 17.1. The van der Waals surface area contributed by atoms with E-state index in [0.717, 1.165) is 24.2 Å². The zero-order valence-corrected chi connectivity index (χ0v) is 14.3. The molecule has 1 aromatic carbocycles. The summed E-state index contributed by atoms with van der Waals surface area (Å²) >= 11 is 0. The molecule has 6 heteroatoms. The molecule has 126 valence electrons. The molecule has 1 amide bonds. The first-order valence-electron chi connectivity index (χ1n) is 8.04. The summed E-state index contributed by atoms with van der Waals surface area (Å²) in [5.41, 5.74) is 1.93. The molecule has 0 bridgehead atoms. The number of carbonyl (C=O) groups is 1. The van der Waals surface area contributed by atoms with Crippen molar-refractivity contribution in [3.63, 3.8) is 0 Å². The largest absolute Gasteiger partial charge is 0.319 e. The van der Waals surface area contributed by atoms with Crippen LogP contribution in [0.25, 0.3) is 0 Å². The Morgan fingerprint density at radius 2 is 1.91 bits per heavy atom. The van der Waals surface area contributed by atoms with Gasteiger partial charge in [0, 0.05) is 19.2 Å². The van der Waals surface area contributed by atoms with Crippen molar-refractivity contribution in [1.29, 1.82) is 0 Å². The predicted octanol–water partition coefficient (Wildman–Crippen LogP) is 3.13. The standard InChI is InChI=1S/C17H25N3O3/c1-11-7-12(2)9-19(8-11)10-16(21)18-17-14(4)13(3)5-6-15(17)20(22)23/h5-6,11-12H,7-10H2,1-4H3,(H,18,21)/t11-,12-/m0/s1. The summed E-state index contributed by atoms with van der Waals surface area (Å²) in [6.45, 7) is 10.1. The van der Waals surface area contributed by atoms with Gasteiger partial charge in [0.1, 0.15) is 5.69 Å². The number of piperidine rings is 1. The van der Waals surface area contributed by atoms with Crippen LogP contribution in [0.5, 0.6) is 0 Å². The summed E-state index contributed by atoms with van der Waals surface area (Å²) in [5, 5.41) is 13.9. The Morgan fingerprint density at radius 3 is 2.48 bits per heavy atom. The highest BCUT2D eigenvalue weighted by atomic mass is 16.6. The van der Waals surface area contributed by atoms with Crippen LogP contribution in [0.4, 0.5) is 11.4 Å². The molecule has 1 aromatic rings. The summed E-state index contributed by atoms with van der Waals surface area (Å²) in [6, 6.07) is 3.15. The average Bonchev–Trinajstić information content (AvgIpc) is 2.42. The van der Waals surface area contributed by atoms with E-state index in [1.54, 1.807) is 13.0 Å². The van der Waals surface area contributed by atoms with Crippen LogP contribution >= 0.6 is 0 Å². The Bertz CT molecular complexity index is 605. The molecule has 1 saturated heterocycles. The normalized spacial score (nSPS) is 21.9. The molecule has 6 nitrogen and oxygen atoms in total. The molecule has 1 fully saturated rings. The van der Waals surface area contributed by atoms with Crippen LogP contribution in [0.1, 0.15) is 31.4 Å². The first kappa shape index (κ1) is 17.4. The molecule has 2 atom stereocenters. The van der Waals surface area contributed by atoms with Gasteiger partial charge in [-0.05, 0) is 43.2 Å². The van der Waals surface area contributed by atoms with Crippen LogP contribution in [0.2, 0.25) is 0 Å². The van der Waals surface area contributed by atoms with Gasteiger partial charge >= 0.3 is 0 Å². The molecule has 23 heavy (non-hydrogen) atoms. The van der Waals surface area contributed by atoms with Crippen molar-refractivity contribution in [1.82, 2.24) is 4.90 Å². The number of aryl methyl sites for hydroxylation is 1. The molecular weight excluding hydrogens is 294 g/mol. The monoisotopic (exact) mass is 319 g/mol. The highest BCUT2D eigenvalue weighted by Crippen LogP contribution is 2.30. The van der Waals surface area contributed by atoms with Crippen molar-refractivity contribution < 1.29 is 9.72 Å². The number of nitrogens with one attached hydrogen (secondary N) is 1. The third-order valence-electron chi connectivity index (χ3n) is 4.49. The maximum atomic E-state index is 12.4. The third-order valence-corrected chi connectivity index (χ3v) is 4.49. The molecule has 1 aliphatic rings. The zero-order valence-electron chi connectivity index (χ0n) is 14.3. The maximum Gasteiger partial charge on any atom is 0.293 e. The minimum Gasteiger partial charge on any atom is -0.319 e. The SMILES string of the molecule is Cc1ccc([N+](=O)[O-])c(NC(=O)CN2C[C@@H](C)C[C@H](C)C2)c1C. The summed E-state index contributed by atoms with van der Waals surface area (Å²) < 4.78 is 0. The number of anilines is 1. The number of hydrogen-bond donors (Lipinski definition) is 1. The molecular formula is C17H25N3O3. The van der Waals surface area contributed by atoms with Crippen molar-refractivity contribution in [3.8, 4) is 0 Å². The van der Waals surface area contributed by atoms with E-state index in [1.807, 2.05) is 6.92 Å². The number of nitro groups is 1. The Morgan fingerprint density at radius 1 is 1.30 bits per heavy atom. The second kappa shape index (κ2) is 7.08. The molecule has 0 spiro atoms. The Kier molecular flexibility index (Phi) is 5.36. The number of carbonyl (C=O) groups excluding carboxylic acids is 1. The predicted molar refractivity (Wildman–Crippen MR) is 90.6 cm³/mol. The minimum absolute atomic E-state index is 0.0539. The lowest BCUT2D eigenvalue weighted by Crippen LogP contribution is -2.42. The topological polar surface area (TPSA) is 75.5 Å². The van der Waals surface area contributed by atoms with E-state index in [-0.39, 0.29) is 18.1 Å². The fourth-order valence-corrected chi connectivity index (χ4v) is 3.41. The first-order valence-corrected chi connectivity index (χ1v) is 8.04. The second-order valence-electron chi connectivity index (χ2n) is 6.85. The van der Waals surface area contributed by atoms with Crippen molar-refractivity contribution in [2.75, 3.05) is 25.0 Å². The third kappa shape index (κ3) is 4.28. The summed E-state index contributed by atoms with van der Waals surface area (Å²) in [7, 11) is 0. The van der Waals surface area contributed by atoms with E-state index >= 15 is 0 Å². The molecule has 1 N–H and O–H groups in total. The summed E-state index contributed by atoms with van der Waals surface area (Å²) in [5.74, 6) is 0.950. The van der Waals surface area contributed by atoms with Crippen molar-refractivity contribution in [2.24, 2.45) is 11.8 Å². The van der Waals surface area contributed by atoms with Crippen LogP contribution in [-0.4, -0.2) is 35.4 Å². The van der Waals surface area contributed by atoms with E-state index in [0.29, 0.717) is 17.5 Å². The number of hydrogen-bond acceptors (Lipinski definition) is 4. The van der Waals surface area contributed by atoms with Gasteiger partial charge in [0.15, 0.2) is 0 Å². The lowest BCUT2D eigenvalue weighted by Gasteiger charge is -2.34. The van der Waals surface area contributed by atoms with Crippen LogP contribution in [0.15, 0.2) is 12.1 Å². The number of likely N-dealkylation sites (tertiary alicyclic amines) is 1. The molecule has 0 saturated carbocycles. The van der Waals surface area contributed by atoms with E-state index in [1.165, 1.54) is 12.5 Å². The van der Waals surface area contributed by atoms with E-state index in [2.05, 4.69) is 24.1 Å². The molecule has 2 rings (SSSR count). The van der Waals surface area contributed by atoms with Crippen LogP contribution in [0.3, 0.4) is 0 Å². The smallest absolute Gasteiger partial charge is 0.293 e. The van der Waals surface area contributed by atoms with Gasteiger partial charge in [-0.1, -0.05) is 19.9 Å². The van der Waals surface area contributed by atoms with E-state index in [4.69, 9.17) is 0 Å². The Labute approximate surface area is 137 Å². The van der Waals surface area contributed by atoms with Crippen molar-refractivity contribution >= 4 is 17.3 Å². The average molecular weight is 319 g/mol. The Balaban J connectivity index is 2.11. The second-order valence-corrected chi connectivity index (χ2v) is 6.85. The molecule has 1 aliphatic heterocycles. The molecule has 0 aliphatic carbocycles. The van der Waals surface area contributed by atoms with Crippen molar-refractivity contribution in [3.05, 3.63) is 33.4 Å². The fraction of sp³-hybridized carbons (Fsp3) is 0.588. The molecule has 1 heterocycles. The number of benzene rings is 1. The minimum atomic E-state index is -0.451. The molecule has 0 unspecified atom stereocenters. The van der Waals surface area contributed by atoms with Gasteiger partial charge in [0.05, 0.1) is 11.5 Å². The quantitative estimate of drug-likeness (QED) is 0.683. The maximum absolute atomic E-state index is 12.4. The van der Waals surface area contributed by atoms with Gasteiger partial charge in [-0.2, -0.15) is 0 Å². The van der Waals surface area contributed by atoms with E-state index in [9.17, 15) is 14.9 Å². The van der Waals surface area contributed by atoms with Gasteiger partial charge in [0.25, 0.3) is 5.69 Å². The van der Waals surface area contributed by atoms with Gasteiger partial charge in [-0.3, -0.25) is 19.8 Å². The summed E-state index contributed by atoms with van der Waals surface area (Å²) in [6.07, 6.45) is 1.18. The lowest BCUT2D eigenvalue weighted by molar-refractivity contribution is -0.384. The molecule has 0 radical (unpaired) electrons. The van der Waals surface area contributed by atoms with Gasteiger partial charge in [-0.15, -0.1) is 0 Å². The van der Waals surface area contributed by atoms with Crippen LogP contribution < -0.4 is 5.32 Å². The highest BCUT2D eigenvalue weighted by molar-refractivity contribution is 5.95. The fourth-order valence-electron chi connectivity index (χ4n) is 3.41. The van der Waals surface area contributed by atoms with E-state index < -0.39 is 4.92 Å². The molecule has 0 aromatic heterocycles. The lowest BCUT2D eigenvalue weighted by atomic mass is 9.92. The van der Waals surface area contributed by atoms with Gasteiger partial charge in [0.2, 0.25) is 5.91 Å². The summed E-state index contributed by atoms with van der Waals surface area (Å²) in [4.78, 5) is 25.2. The number of nitro benzene ring substituents is 1. The number of nitrogens with zero attached hydrogens (tertiary/aromatic N) is 2. The van der Waals surface area contributed by atoms with Crippen LogP contribution in [-0.2, 0) is 4.79 Å². The van der Waals surface area contributed by atoms with Gasteiger partial charge in [-0.25, -0.2) is 0 Å². The van der Waals surface area contributed by atoms with Crippen LogP contribution in [0, 0.1) is 35.8 Å².